The molecule has 1 aliphatic rings. The van der Waals surface area contributed by atoms with Crippen LogP contribution in [0.1, 0.15) is 43.9 Å². The maximum atomic E-state index is 13.7. The second-order valence-electron chi connectivity index (χ2n) is 11.1. The maximum Gasteiger partial charge on any atom is 0.245 e. The number of carbonyl (C=O) groups is 2. The molecule has 2 heterocycles. The number of ether oxygens (including phenoxy) is 1. The Balaban J connectivity index is 1.24. The number of piperidine rings is 1. The lowest BCUT2D eigenvalue weighted by atomic mass is 9.99. The van der Waals surface area contributed by atoms with E-state index in [-0.39, 0.29) is 17.9 Å². The van der Waals surface area contributed by atoms with Crippen LogP contribution < -0.4 is 15.8 Å². The van der Waals surface area contributed by atoms with Gasteiger partial charge in [-0.15, -0.1) is 0 Å². The van der Waals surface area contributed by atoms with Gasteiger partial charge in [-0.05, 0) is 62.1 Å². The number of nitrogens with two attached hydrogens (primary N) is 1. The predicted molar refractivity (Wildman–Crippen MR) is 156 cm³/mol. The molecule has 0 spiro atoms. The maximum absolute atomic E-state index is 13.7. The van der Waals surface area contributed by atoms with Crippen LogP contribution in [-0.2, 0) is 22.6 Å². The summed E-state index contributed by atoms with van der Waals surface area (Å²) >= 11 is 0. The Kier molecular flexibility index (Phi) is 8.16. The number of nitrogens with zero attached hydrogens (tertiary/aromatic N) is 3. The number of imidazole rings is 1. The fourth-order valence-electron chi connectivity index (χ4n) is 5.10. The van der Waals surface area contributed by atoms with Crippen LogP contribution in [0.25, 0.3) is 11.0 Å². The van der Waals surface area contributed by atoms with Crippen LogP contribution in [0.2, 0.25) is 0 Å². The van der Waals surface area contributed by atoms with Gasteiger partial charge in [-0.3, -0.25) is 9.59 Å². The summed E-state index contributed by atoms with van der Waals surface area (Å²) in [7, 11) is 0. The van der Waals surface area contributed by atoms with Crippen molar-refractivity contribution in [1.29, 1.82) is 0 Å². The first-order valence-electron chi connectivity index (χ1n) is 13.8. The Hall–Kier alpha value is -4.17. The molecule has 3 N–H and O–H groups in total. The van der Waals surface area contributed by atoms with Crippen molar-refractivity contribution in [2.24, 2.45) is 5.73 Å². The van der Waals surface area contributed by atoms with Crippen molar-refractivity contribution in [2.75, 3.05) is 13.1 Å². The van der Waals surface area contributed by atoms with E-state index in [0.29, 0.717) is 26.1 Å². The molecule has 0 saturated carbocycles. The molecular weight excluding hydrogens is 502 g/mol. The largest absolute Gasteiger partial charge is 0.489 e. The van der Waals surface area contributed by atoms with Crippen molar-refractivity contribution < 1.29 is 14.3 Å². The monoisotopic (exact) mass is 539 g/mol. The van der Waals surface area contributed by atoms with E-state index in [1.807, 2.05) is 84.0 Å². The minimum atomic E-state index is -1.09. The van der Waals surface area contributed by atoms with Crippen molar-refractivity contribution in [2.45, 2.75) is 57.3 Å². The van der Waals surface area contributed by atoms with Gasteiger partial charge in [0.1, 0.15) is 18.4 Å². The Bertz CT molecular complexity index is 1430. The standard InChI is InChI=1S/C32H37N5O3/c1-32(2,33)31(39)35-28(20-23-12-14-26(15-13-23)40-21-24-8-4-3-5-9-24)30(38)36-18-16-25(17-19-36)37-22-34-27-10-6-7-11-29(27)37/h3-15,22,25,28H,16-21,33H2,1-2H3,(H,35,39)/t28-/m1/s1. The van der Waals surface area contributed by atoms with Crippen molar-refractivity contribution >= 4 is 22.8 Å². The van der Waals surface area contributed by atoms with Gasteiger partial charge in [-0.1, -0.05) is 54.6 Å². The highest BCUT2D eigenvalue weighted by Gasteiger charge is 2.33. The number of hydrogen-bond donors (Lipinski definition) is 2. The number of para-hydroxylation sites is 2. The normalized spacial score (nSPS) is 15.1. The Morgan fingerprint density at radius 1 is 0.975 bits per heavy atom. The molecule has 5 rings (SSSR count). The summed E-state index contributed by atoms with van der Waals surface area (Å²) < 4.78 is 8.12. The fraction of sp³-hybridized carbons (Fsp3) is 0.344. The van der Waals surface area contributed by atoms with Gasteiger partial charge in [0.25, 0.3) is 0 Å². The quantitative estimate of drug-likeness (QED) is 0.331. The van der Waals surface area contributed by atoms with Gasteiger partial charge in [0.2, 0.25) is 11.8 Å². The lowest BCUT2D eigenvalue weighted by Crippen LogP contribution is -2.57. The topological polar surface area (TPSA) is 102 Å². The van der Waals surface area contributed by atoms with Crippen molar-refractivity contribution in [3.05, 3.63) is 96.3 Å². The molecular formula is C32H37N5O3. The second kappa shape index (κ2) is 11.9. The molecule has 208 valence electrons. The van der Waals surface area contributed by atoms with E-state index < -0.39 is 11.6 Å². The number of amides is 2. The van der Waals surface area contributed by atoms with E-state index in [1.165, 1.54) is 0 Å². The van der Waals surface area contributed by atoms with E-state index in [0.717, 1.165) is 40.8 Å². The SMILES string of the molecule is CC(C)(N)C(=O)N[C@H](Cc1ccc(OCc2ccccc2)cc1)C(=O)N1CCC(n2cnc3ccccc32)CC1. The van der Waals surface area contributed by atoms with Gasteiger partial charge in [0.05, 0.1) is 22.9 Å². The molecule has 40 heavy (non-hydrogen) atoms. The zero-order valence-electron chi connectivity index (χ0n) is 23.1. The number of rotatable bonds is 9. The van der Waals surface area contributed by atoms with Crippen LogP contribution in [0.5, 0.6) is 5.75 Å². The van der Waals surface area contributed by atoms with Gasteiger partial charge in [0, 0.05) is 25.6 Å². The smallest absolute Gasteiger partial charge is 0.245 e. The average Bonchev–Trinajstić information content (AvgIpc) is 3.40. The minimum absolute atomic E-state index is 0.0871. The van der Waals surface area contributed by atoms with Crippen molar-refractivity contribution in [3.8, 4) is 5.75 Å². The van der Waals surface area contributed by atoms with Gasteiger partial charge in [-0.2, -0.15) is 0 Å². The third-order valence-corrected chi connectivity index (χ3v) is 7.45. The predicted octanol–water partition coefficient (Wildman–Crippen LogP) is 4.24. The highest BCUT2D eigenvalue weighted by Crippen LogP contribution is 2.27. The van der Waals surface area contributed by atoms with Crippen LogP contribution >= 0.6 is 0 Å². The molecule has 0 aliphatic carbocycles. The Morgan fingerprint density at radius 2 is 1.65 bits per heavy atom. The van der Waals surface area contributed by atoms with E-state index >= 15 is 0 Å². The number of likely N-dealkylation sites (tertiary alicyclic amines) is 1. The van der Waals surface area contributed by atoms with Crippen LogP contribution in [0.3, 0.4) is 0 Å². The van der Waals surface area contributed by atoms with E-state index in [4.69, 9.17) is 10.5 Å². The minimum Gasteiger partial charge on any atom is -0.489 e. The first-order valence-corrected chi connectivity index (χ1v) is 13.8. The highest BCUT2D eigenvalue weighted by molar-refractivity contribution is 5.91. The molecule has 2 amide bonds. The summed E-state index contributed by atoms with van der Waals surface area (Å²) in [4.78, 5) is 32.9. The van der Waals surface area contributed by atoms with Crippen LogP contribution in [0, 0.1) is 0 Å². The zero-order valence-corrected chi connectivity index (χ0v) is 23.1. The molecule has 1 saturated heterocycles. The first kappa shape index (κ1) is 27.4. The summed E-state index contributed by atoms with van der Waals surface area (Å²) in [5.74, 6) is 0.307. The van der Waals surface area contributed by atoms with E-state index in [2.05, 4.69) is 20.9 Å². The van der Waals surface area contributed by atoms with Crippen molar-refractivity contribution in [3.63, 3.8) is 0 Å². The molecule has 3 aromatic carbocycles. The number of aromatic nitrogens is 2. The highest BCUT2D eigenvalue weighted by atomic mass is 16.5. The third-order valence-electron chi connectivity index (χ3n) is 7.45. The van der Waals surface area contributed by atoms with Gasteiger partial charge in [0.15, 0.2) is 0 Å². The van der Waals surface area contributed by atoms with Gasteiger partial charge < -0.3 is 25.3 Å². The molecule has 8 nitrogen and oxygen atoms in total. The Labute approximate surface area is 235 Å². The van der Waals surface area contributed by atoms with Crippen molar-refractivity contribution in [1.82, 2.24) is 19.8 Å². The molecule has 1 aliphatic heterocycles. The molecule has 0 radical (unpaired) electrons. The average molecular weight is 540 g/mol. The molecule has 1 fully saturated rings. The number of nitrogens with one attached hydrogen (secondary N) is 1. The first-order chi connectivity index (χ1) is 19.3. The van der Waals surface area contributed by atoms with Gasteiger partial charge >= 0.3 is 0 Å². The summed E-state index contributed by atoms with van der Waals surface area (Å²) in [6.07, 6.45) is 3.91. The van der Waals surface area contributed by atoms with Crippen LogP contribution in [-0.4, -0.2) is 50.9 Å². The molecule has 8 heteroatoms. The van der Waals surface area contributed by atoms with Crippen LogP contribution in [0.15, 0.2) is 85.2 Å². The second-order valence-corrected chi connectivity index (χ2v) is 11.1. The molecule has 1 atom stereocenters. The van der Waals surface area contributed by atoms with E-state index in [9.17, 15) is 9.59 Å². The zero-order chi connectivity index (χ0) is 28.1. The Morgan fingerprint density at radius 3 is 2.35 bits per heavy atom. The summed E-state index contributed by atoms with van der Waals surface area (Å²) in [6, 6.07) is 25.3. The van der Waals surface area contributed by atoms with Gasteiger partial charge in [-0.25, -0.2) is 4.98 Å². The lowest BCUT2D eigenvalue weighted by Gasteiger charge is -2.35. The number of carbonyl (C=O) groups excluding carboxylic acids is 2. The van der Waals surface area contributed by atoms with E-state index in [1.54, 1.807) is 13.8 Å². The summed E-state index contributed by atoms with van der Waals surface area (Å²) in [5, 5.41) is 2.93. The number of fused-ring (bicyclic) bond motifs is 1. The summed E-state index contributed by atoms with van der Waals surface area (Å²) in [6.45, 7) is 4.99. The number of benzene rings is 3. The fourth-order valence-corrected chi connectivity index (χ4v) is 5.10. The molecule has 1 aromatic heterocycles. The molecule has 0 unspecified atom stereocenters. The lowest BCUT2D eigenvalue weighted by molar-refractivity contribution is -0.138. The molecule has 0 bridgehead atoms. The molecule has 4 aromatic rings. The van der Waals surface area contributed by atoms with Crippen LogP contribution in [0.4, 0.5) is 0 Å². The number of hydrogen-bond acceptors (Lipinski definition) is 5. The summed E-state index contributed by atoms with van der Waals surface area (Å²) in [5.41, 5.74) is 9.07. The third kappa shape index (κ3) is 6.51.